The molecule has 1 heterocycles. The van der Waals surface area contributed by atoms with E-state index in [2.05, 4.69) is 15.6 Å². The zero-order valence-corrected chi connectivity index (χ0v) is 15.4. The Labute approximate surface area is 157 Å². The second-order valence-electron chi connectivity index (χ2n) is 6.30. The SMILES string of the molecule is O=C(NC1CCCC1)c1ccc(NCCc2ccc(Cl)cc2Cl)nc1. The van der Waals surface area contributed by atoms with Crippen molar-refractivity contribution in [3.8, 4) is 0 Å². The molecule has 1 aliphatic rings. The van der Waals surface area contributed by atoms with Gasteiger partial charge >= 0.3 is 0 Å². The lowest BCUT2D eigenvalue weighted by molar-refractivity contribution is 0.0937. The molecule has 132 valence electrons. The standard InChI is InChI=1S/C19H21Cl2N3O/c20-15-7-5-13(17(21)11-15)9-10-22-18-8-6-14(12-23-18)19(25)24-16-3-1-2-4-16/h5-8,11-12,16H,1-4,9-10H2,(H,22,23)(H,24,25). The van der Waals surface area contributed by atoms with Crippen LogP contribution in [0.25, 0.3) is 0 Å². The lowest BCUT2D eigenvalue weighted by Gasteiger charge is -2.12. The van der Waals surface area contributed by atoms with E-state index in [0.29, 0.717) is 28.2 Å². The summed E-state index contributed by atoms with van der Waals surface area (Å²) in [6, 6.07) is 9.44. The van der Waals surface area contributed by atoms with Gasteiger partial charge in [0.25, 0.3) is 5.91 Å². The average molecular weight is 378 g/mol. The minimum Gasteiger partial charge on any atom is -0.370 e. The van der Waals surface area contributed by atoms with Crippen molar-refractivity contribution in [2.45, 2.75) is 38.1 Å². The molecular weight excluding hydrogens is 357 g/mol. The summed E-state index contributed by atoms with van der Waals surface area (Å²) in [4.78, 5) is 16.5. The fourth-order valence-electron chi connectivity index (χ4n) is 3.02. The van der Waals surface area contributed by atoms with Crippen LogP contribution in [0.1, 0.15) is 41.6 Å². The molecule has 2 N–H and O–H groups in total. The molecule has 0 atom stereocenters. The third-order valence-corrected chi connectivity index (χ3v) is 5.02. The summed E-state index contributed by atoms with van der Waals surface area (Å²) in [5.74, 6) is 0.696. The van der Waals surface area contributed by atoms with Crippen LogP contribution in [-0.2, 0) is 6.42 Å². The summed E-state index contributed by atoms with van der Waals surface area (Å²) in [6.45, 7) is 0.696. The Kier molecular flexibility index (Phi) is 6.16. The van der Waals surface area contributed by atoms with Crippen molar-refractivity contribution < 1.29 is 4.79 Å². The highest BCUT2D eigenvalue weighted by Gasteiger charge is 2.18. The van der Waals surface area contributed by atoms with Gasteiger partial charge in [-0.25, -0.2) is 4.98 Å². The maximum atomic E-state index is 12.2. The van der Waals surface area contributed by atoms with Crippen molar-refractivity contribution in [1.82, 2.24) is 10.3 Å². The molecule has 0 bridgehead atoms. The van der Waals surface area contributed by atoms with Gasteiger partial charge < -0.3 is 10.6 Å². The summed E-state index contributed by atoms with van der Waals surface area (Å²) >= 11 is 12.1. The highest BCUT2D eigenvalue weighted by Crippen LogP contribution is 2.21. The van der Waals surface area contributed by atoms with Gasteiger partial charge in [0.2, 0.25) is 0 Å². The van der Waals surface area contributed by atoms with E-state index in [9.17, 15) is 4.79 Å². The van der Waals surface area contributed by atoms with Gasteiger partial charge in [-0.15, -0.1) is 0 Å². The first-order chi connectivity index (χ1) is 12.1. The number of rotatable bonds is 6. The molecule has 1 amide bonds. The van der Waals surface area contributed by atoms with E-state index in [1.165, 1.54) is 12.8 Å². The molecular formula is C19H21Cl2N3O. The number of nitrogens with zero attached hydrogens (tertiary/aromatic N) is 1. The quantitative estimate of drug-likeness (QED) is 0.765. The normalized spacial score (nSPS) is 14.5. The third kappa shape index (κ3) is 5.10. The molecule has 0 radical (unpaired) electrons. The average Bonchev–Trinajstić information content (AvgIpc) is 3.10. The van der Waals surface area contributed by atoms with Gasteiger partial charge in [0.05, 0.1) is 5.56 Å². The van der Waals surface area contributed by atoms with Gasteiger partial charge in [-0.2, -0.15) is 0 Å². The molecule has 1 fully saturated rings. The van der Waals surface area contributed by atoms with Crippen LogP contribution in [0.3, 0.4) is 0 Å². The Morgan fingerprint density at radius 1 is 1.16 bits per heavy atom. The first-order valence-electron chi connectivity index (χ1n) is 8.56. The number of aromatic nitrogens is 1. The van der Waals surface area contributed by atoms with E-state index in [1.807, 2.05) is 18.2 Å². The monoisotopic (exact) mass is 377 g/mol. The molecule has 0 unspecified atom stereocenters. The Morgan fingerprint density at radius 3 is 2.64 bits per heavy atom. The second-order valence-corrected chi connectivity index (χ2v) is 7.14. The molecule has 3 rings (SSSR count). The van der Waals surface area contributed by atoms with E-state index in [4.69, 9.17) is 23.2 Å². The van der Waals surface area contributed by atoms with Crippen molar-refractivity contribution in [3.05, 3.63) is 57.7 Å². The van der Waals surface area contributed by atoms with Gasteiger partial charge in [0.15, 0.2) is 0 Å². The number of carbonyl (C=O) groups is 1. The Bertz CT molecular complexity index is 728. The number of amides is 1. The van der Waals surface area contributed by atoms with E-state index < -0.39 is 0 Å². The van der Waals surface area contributed by atoms with Crippen molar-refractivity contribution in [3.63, 3.8) is 0 Å². The van der Waals surface area contributed by atoms with Crippen LogP contribution >= 0.6 is 23.2 Å². The Balaban J connectivity index is 1.49. The zero-order valence-electron chi connectivity index (χ0n) is 13.9. The van der Waals surface area contributed by atoms with Crippen molar-refractivity contribution >= 4 is 34.9 Å². The molecule has 0 spiro atoms. The lowest BCUT2D eigenvalue weighted by Crippen LogP contribution is -2.32. The number of benzene rings is 1. The fraction of sp³-hybridized carbons (Fsp3) is 0.368. The van der Waals surface area contributed by atoms with E-state index in [1.54, 1.807) is 18.3 Å². The summed E-state index contributed by atoms with van der Waals surface area (Å²) < 4.78 is 0. The first kappa shape index (κ1) is 18.0. The summed E-state index contributed by atoms with van der Waals surface area (Å²) in [5, 5.41) is 7.61. The topological polar surface area (TPSA) is 54.0 Å². The molecule has 25 heavy (non-hydrogen) atoms. The second kappa shape index (κ2) is 8.54. The molecule has 6 heteroatoms. The number of hydrogen-bond donors (Lipinski definition) is 2. The number of pyridine rings is 1. The molecule has 1 aromatic heterocycles. The number of nitrogens with one attached hydrogen (secondary N) is 2. The van der Waals surface area contributed by atoms with Crippen LogP contribution in [-0.4, -0.2) is 23.5 Å². The highest BCUT2D eigenvalue weighted by molar-refractivity contribution is 6.35. The maximum absolute atomic E-state index is 12.2. The minimum atomic E-state index is -0.0427. The Hall–Kier alpha value is -1.78. The fourth-order valence-corrected chi connectivity index (χ4v) is 3.52. The number of halogens is 2. The molecule has 2 aromatic rings. The van der Waals surface area contributed by atoms with Gasteiger partial charge in [-0.3, -0.25) is 4.79 Å². The van der Waals surface area contributed by atoms with Gasteiger partial charge in [0, 0.05) is 28.8 Å². The molecule has 1 saturated carbocycles. The summed E-state index contributed by atoms with van der Waals surface area (Å²) in [7, 11) is 0. The summed E-state index contributed by atoms with van der Waals surface area (Å²) in [6.07, 6.45) is 6.93. The number of hydrogen-bond acceptors (Lipinski definition) is 3. The van der Waals surface area contributed by atoms with Gasteiger partial charge in [-0.1, -0.05) is 42.1 Å². The van der Waals surface area contributed by atoms with E-state index in [0.717, 1.165) is 30.6 Å². The predicted octanol–water partition coefficient (Wildman–Crippen LogP) is 4.72. The van der Waals surface area contributed by atoms with E-state index >= 15 is 0 Å². The van der Waals surface area contributed by atoms with Crippen molar-refractivity contribution in [2.75, 3.05) is 11.9 Å². The smallest absolute Gasteiger partial charge is 0.253 e. The van der Waals surface area contributed by atoms with E-state index in [-0.39, 0.29) is 5.91 Å². The van der Waals surface area contributed by atoms with Crippen LogP contribution < -0.4 is 10.6 Å². The predicted molar refractivity (Wildman–Crippen MR) is 103 cm³/mol. The van der Waals surface area contributed by atoms with Crippen LogP contribution in [0.5, 0.6) is 0 Å². The van der Waals surface area contributed by atoms with Crippen molar-refractivity contribution in [2.24, 2.45) is 0 Å². The Morgan fingerprint density at radius 2 is 1.96 bits per heavy atom. The molecule has 1 aromatic carbocycles. The van der Waals surface area contributed by atoms with Gasteiger partial charge in [-0.05, 0) is 49.1 Å². The highest BCUT2D eigenvalue weighted by atomic mass is 35.5. The number of anilines is 1. The molecule has 1 aliphatic carbocycles. The van der Waals surface area contributed by atoms with Crippen LogP contribution in [0.15, 0.2) is 36.5 Å². The van der Waals surface area contributed by atoms with Gasteiger partial charge in [0.1, 0.15) is 5.82 Å². The lowest BCUT2D eigenvalue weighted by atomic mass is 10.1. The molecule has 0 aliphatic heterocycles. The maximum Gasteiger partial charge on any atom is 0.253 e. The minimum absolute atomic E-state index is 0.0427. The van der Waals surface area contributed by atoms with Crippen LogP contribution in [0.2, 0.25) is 10.0 Å². The van der Waals surface area contributed by atoms with Crippen LogP contribution in [0, 0.1) is 0 Å². The number of carbonyl (C=O) groups excluding carboxylic acids is 1. The van der Waals surface area contributed by atoms with Crippen molar-refractivity contribution in [1.29, 1.82) is 0 Å². The largest absolute Gasteiger partial charge is 0.370 e. The molecule has 0 saturated heterocycles. The molecule has 4 nitrogen and oxygen atoms in total. The third-order valence-electron chi connectivity index (χ3n) is 4.43. The zero-order chi connectivity index (χ0) is 17.6. The van der Waals surface area contributed by atoms with Crippen LogP contribution in [0.4, 0.5) is 5.82 Å². The summed E-state index contributed by atoms with van der Waals surface area (Å²) in [5.41, 5.74) is 1.63. The first-order valence-corrected chi connectivity index (χ1v) is 9.32.